The number of alkyl carbamates (subject to hydrolysis) is 1. The van der Waals surface area contributed by atoms with Crippen LogP contribution in [0.1, 0.15) is 58.4 Å². The van der Waals surface area contributed by atoms with Gasteiger partial charge in [0, 0.05) is 12.1 Å². The molecule has 3 aliphatic rings. The number of rotatable bonds is 4. The summed E-state index contributed by atoms with van der Waals surface area (Å²) >= 11 is 0. The third-order valence-electron chi connectivity index (χ3n) is 6.11. The normalized spacial score (nSPS) is 31.1. The number of nitrogens with zero attached hydrogens (tertiary/aromatic N) is 1. The Bertz CT molecular complexity index is 630. The van der Waals surface area contributed by atoms with E-state index in [1.165, 1.54) is 5.56 Å². The van der Waals surface area contributed by atoms with Crippen molar-refractivity contribution in [2.75, 3.05) is 7.05 Å². The maximum absolute atomic E-state index is 12.3. The fourth-order valence-corrected chi connectivity index (χ4v) is 4.53. The van der Waals surface area contributed by atoms with Crippen LogP contribution >= 0.6 is 0 Å². The summed E-state index contributed by atoms with van der Waals surface area (Å²) in [4.78, 5) is 14.6. The molecule has 3 saturated carbocycles. The van der Waals surface area contributed by atoms with Gasteiger partial charge in [-0.2, -0.15) is 0 Å². The molecule has 1 atom stereocenters. The van der Waals surface area contributed by atoms with Crippen LogP contribution in [0, 0.1) is 0 Å². The number of aliphatic hydroxyl groups is 1. The minimum absolute atomic E-state index is 0.00657. The molecule has 5 heteroatoms. The molecule has 0 unspecified atom stereocenters. The fraction of sp³-hybridized carbons (Fsp3) is 0.667. The summed E-state index contributed by atoms with van der Waals surface area (Å²) in [6, 6.07) is 10.4. The monoisotopic (exact) mass is 360 g/mol. The lowest BCUT2D eigenvalue weighted by Crippen LogP contribution is -2.69. The summed E-state index contributed by atoms with van der Waals surface area (Å²) < 4.78 is 5.41. The molecule has 2 bridgehead atoms. The van der Waals surface area contributed by atoms with Gasteiger partial charge >= 0.3 is 6.09 Å². The average molecular weight is 360 g/mol. The van der Waals surface area contributed by atoms with Crippen LogP contribution in [0.5, 0.6) is 0 Å². The average Bonchev–Trinajstić information content (AvgIpc) is 2.55. The van der Waals surface area contributed by atoms with Gasteiger partial charge in [0.05, 0.1) is 11.6 Å². The molecule has 2 N–H and O–H groups in total. The molecule has 3 aliphatic carbocycles. The number of carbonyl (C=O) groups is 1. The summed E-state index contributed by atoms with van der Waals surface area (Å²) in [5.41, 5.74) is 0.215. The van der Waals surface area contributed by atoms with Crippen molar-refractivity contribution in [1.29, 1.82) is 0 Å². The van der Waals surface area contributed by atoms with Crippen molar-refractivity contribution in [1.82, 2.24) is 10.2 Å². The zero-order valence-electron chi connectivity index (χ0n) is 16.4. The minimum Gasteiger partial charge on any atom is -0.444 e. The maximum atomic E-state index is 12.3. The van der Waals surface area contributed by atoms with Crippen LogP contribution in [0.25, 0.3) is 0 Å². The number of aliphatic hydroxyl groups excluding tert-OH is 1. The van der Waals surface area contributed by atoms with E-state index in [9.17, 15) is 9.90 Å². The maximum Gasteiger partial charge on any atom is 0.408 e. The summed E-state index contributed by atoms with van der Waals surface area (Å²) in [5, 5.41) is 13.9. The van der Waals surface area contributed by atoms with Crippen molar-refractivity contribution in [3.8, 4) is 0 Å². The number of hydrogen-bond donors (Lipinski definition) is 2. The third kappa shape index (κ3) is 3.89. The van der Waals surface area contributed by atoms with Crippen LogP contribution in [-0.4, -0.2) is 45.9 Å². The van der Waals surface area contributed by atoms with Gasteiger partial charge in [-0.3, -0.25) is 4.90 Å². The molecule has 4 rings (SSSR count). The second-order valence-electron chi connectivity index (χ2n) is 9.07. The highest BCUT2D eigenvalue weighted by Crippen LogP contribution is 2.50. The molecule has 0 aliphatic heterocycles. The molecule has 0 saturated heterocycles. The Labute approximate surface area is 156 Å². The third-order valence-corrected chi connectivity index (χ3v) is 6.11. The Hall–Kier alpha value is -1.59. The summed E-state index contributed by atoms with van der Waals surface area (Å²) in [6.07, 6.45) is 3.23. The van der Waals surface area contributed by atoms with Crippen LogP contribution in [0.2, 0.25) is 0 Å². The second kappa shape index (κ2) is 6.86. The number of amides is 1. The van der Waals surface area contributed by atoms with Crippen LogP contribution in [0.3, 0.4) is 0 Å². The molecule has 5 nitrogen and oxygen atoms in total. The number of carbonyl (C=O) groups excluding carboxylic acids is 1. The number of benzene rings is 1. The highest BCUT2D eigenvalue weighted by atomic mass is 16.6. The van der Waals surface area contributed by atoms with Gasteiger partial charge in [0.15, 0.2) is 0 Å². The zero-order valence-corrected chi connectivity index (χ0v) is 16.4. The number of ether oxygens (including phenoxy) is 1. The summed E-state index contributed by atoms with van der Waals surface area (Å²) in [7, 11) is 2.15. The predicted molar refractivity (Wildman–Crippen MR) is 102 cm³/mol. The Morgan fingerprint density at radius 2 is 1.85 bits per heavy atom. The Morgan fingerprint density at radius 3 is 2.38 bits per heavy atom. The number of fused-ring (bicyclic) bond motifs is 3. The lowest BCUT2D eigenvalue weighted by Gasteiger charge is -2.59. The van der Waals surface area contributed by atoms with Crippen molar-refractivity contribution in [2.24, 2.45) is 0 Å². The second-order valence-corrected chi connectivity index (χ2v) is 9.07. The molecular weight excluding hydrogens is 328 g/mol. The van der Waals surface area contributed by atoms with Crippen LogP contribution < -0.4 is 5.32 Å². The lowest BCUT2D eigenvalue weighted by molar-refractivity contribution is -0.103. The van der Waals surface area contributed by atoms with E-state index in [0.717, 1.165) is 32.2 Å². The molecule has 0 heterocycles. The van der Waals surface area contributed by atoms with Crippen molar-refractivity contribution >= 4 is 6.09 Å². The first-order valence-corrected chi connectivity index (χ1v) is 9.59. The van der Waals surface area contributed by atoms with Crippen LogP contribution in [0.15, 0.2) is 30.3 Å². The van der Waals surface area contributed by atoms with E-state index in [0.29, 0.717) is 6.42 Å². The largest absolute Gasteiger partial charge is 0.444 e. The van der Waals surface area contributed by atoms with Gasteiger partial charge in [-0.25, -0.2) is 4.79 Å². The first kappa shape index (κ1) is 19.2. The number of nitrogens with one attached hydrogen (secondary N) is 1. The van der Waals surface area contributed by atoms with Gasteiger partial charge in [0.1, 0.15) is 5.60 Å². The molecule has 0 aromatic heterocycles. The first-order valence-electron chi connectivity index (χ1n) is 9.59. The highest BCUT2D eigenvalue weighted by Gasteiger charge is 2.56. The molecule has 0 spiro atoms. The quantitative estimate of drug-likeness (QED) is 0.863. The lowest BCUT2D eigenvalue weighted by atomic mass is 9.59. The standard InChI is InChI=1S/C21H32N2O3/c1-19(2,3)26-18(25)22-21-12-10-20(11-13-21,14-17(21)24)23(4)15-16-8-6-5-7-9-16/h5-9,17,24H,10-15H2,1-4H3,(H,22,25)/t17-,20?,21?/m1/s1. The Balaban J connectivity index is 1.66. The van der Waals surface area contributed by atoms with Gasteiger partial charge < -0.3 is 15.2 Å². The molecule has 1 amide bonds. The summed E-state index contributed by atoms with van der Waals surface area (Å²) in [5.74, 6) is 0. The van der Waals surface area contributed by atoms with Gasteiger partial charge in [0.2, 0.25) is 0 Å². The van der Waals surface area contributed by atoms with Crippen LogP contribution in [-0.2, 0) is 11.3 Å². The van der Waals surface area contributed by atoms with Crippen molar-refractivity contribution in [2.45, 2.75) is 82.2 Å². The van der Waals surface area contributed by atoms with Gasteiger partial charge in [-0.1, -0.05) is 30.3 Å². The predicted octanol–water partition coefficient (Wildman–Crippen LogP) is 3.46. The van der Waals surface area contributed by atoms with Crippen LogP contribution in [0.4, 0.5) is 4.79 Å². The molecule has 0 radical (unpaired) electrons. The topological polar surface area (TPSA) is 61.8 Å². The zero-order chi connectivity index (χ0) is 19.0. The molecule has 1 aromatic rings. The van der Waals surface area contributed by atoms with E-state index in [4.69, 9.17) is 4.74 Å². The van der Waals surface area contributed by atoms with Gasteiger partial charge in [-0.15, -0.1) is 0 Å². The summed E-state index contributed by atoms with van der Waals surface area (Å²) in [6.45, 7) is 6.43. The SMILES string of the molecule is CN(Cc1ccccc1)C12CCC(NC(=O)OC(C)(C)C)(CC1)[C@H](O)C2. The molecule has 3 fully saturated rings. The molecular formula is C21H32N2O3. The minimum atomic E-state index is -0.546. The van der Waals surface area contributed by atoms with E-state index >= 15 is 0 Å². The molecule has 144 valence electrons. The van der Waals surface area contributed by atoms with Crippen molar-refractivity contribution < 1.29 is 14.6 Å². The van der Waals surface area contributed by atoms with Crippen molar-refractivity contribution in [3.63, 3.8) is 0 Å². The van der Waals surface area contributed by atoms with E-state index in [1.54, 1.807) is 0 Å². The van der Waals surface area contributed by atoms with Gasteiger partial charge in [0.25, 0.3) is 0 Å². The van der Waals surface area contributed by atoms with E-state index in [-0.39, 0.29) is 5.54 Å². The Morgan fingerprint density at radius 1 is 1.23 bits per heavy atom. The smallest absolute Gasteiger partial charge is 0.408 e. The van der Waals surface area contributed by atoms with Gasteiger partial charge in [-0.05, 0) is 65.5 Å². The molecule has 1 aromatic carbocycles. The number of hydrogen-bond acceptors (Lipinski definition) is 4. The van der Waals surface area contributed by atoms with E-state index in [1.807, 2.05) is 26.8 Å². The van der Waals surface area contributed by atoms with Crippen molar-refractivity contribution in [3.05, 3.63) is 35.9 Å². The van der Waals surface area contributed by atoms with E-state index < -0.39 is 23.3 Å². The Kier molecular flexibility index (Phi) is 5.06. The fourth-order valence-electron chi connectivity index (χ4n) is 4.53. The first-order chi connectivity index (χ1) is 12.1. The molecule has 26 heavy (non-hydrogen) atoms. The van der Waals surface area contributed by atoms with E-state index in [2.05, 4.69) is 41.5 Å². The highest BCUT2D eigenvalue weighted by molar-refractivity contribution is 5.69.